The fourth-order valence-electron chi connectivity index (χ4n) is 1.11. The summed E-state index contributed by atoms with van der Waals surface area (Å²) in [5.74, 6) is -1.22. The Morgan fingerprint density at radius 2 is 1.46 bits per heavy atom. The van der Waals surface area contributed by atoms with Crippen LogP contribution >= 0.6 is 0 Å². The van der Waals surface area contributed by atoms with E-state index in [1.165, 1.54) is 45.4 Å². The van der Waals surface area contributed by atoms with E-state index in [2.05, 4.69) is 0 Å². The first kappa shape index (κ1) is 12.1. The monoisotopic (exact) mass is 188 g/mol. The Morgan fingerprint density at radius 1 is 1.15 bits per heavy atom. The van der Waals surface area contributed by atoms with Gasteiger partial charge in [0.25, 0.3) is 0 Å². The molecular formula is C10H17FO2. The quantitative estimate of drug-likeness (QED) is 0.641. The van der Waals surface area contributed by atoms with Gasteiger partial charge in [-0.1, -0.05) is 38.5 Å². The second kappa shape index (κ2) is 7.77. The van der Waals surface area contributed by atoms with Crippen LogP contribution in [0.3, 0.4) is 0 Å². The molecule has 1 rings (SSSR count). The molecule has 0 spiro atoms. The molecule has 0 heterocycles. The van der Waals surface area contributed by atoms with Gasteiger partial charge in [-0.15, -0.1) is 0 Å². The predicted molar refractivity (Wildman–Crippen MR) is 50.2 cm³/mol. The van der Waals surface area contributed by atoms with E-state index in [-0.39, 0.29) is 11.9 Å². The third kappa shape index (κ3) is 7.50. The third-order valence-corrected chi connectivity index (χ3v) is 2.00. The molecule has 0 atom stereocenters. The topological polar surface area (TPSA) is 37.3 Å². The molecule has 13 heavy (non-hydrogen) atoms. The van der Waals surface area contributed by atoms with Crippen molar-refractivity contribution in [3.63, 3.8) is 0 Å². The molecule has 0 bridgehead atoms. The molecule has 0 unspecified atom stereocenters. The van der Waals surface area contributed by atoms with Gasteiger partial charge in [-0.25, -0.2) is 9.18 Å². The van der Waals surface area contributed by atoms with Crippen molar-refractivity contribution in [2.45, 2.75) is 45.4 Å². The van der Waals surface area contributed by atoms with Crippen LogP contribution in [0, 0.1) is 0 Å². The summed E-state index contributed by atoms with van der Waals surface area (Å²) in [5.41, 5.74) is -0.278. The fourth-order valence-corrected chi connectivity index (χ4v) is 1.11. The van der Waals surface area contributed by atoms with E-state index in [0.717, 1.165) is 0 Å². The summed E-state index contributed by atoms with van der Waals surface area (Å²) in [6, 6.07) is 0. The van der Waals surface area contributed by atoms with E-state index in [1.807, 2.05) is 0 Å². The lowest BCUT2D eigenvalue weighted by Gasteiger charge is -2.05. The van der Waals surface area contributed by atoms with Gasteiger partial charge in [0.1, 0.15) is 0 Å². The van der Waals surface area contributed by atoms with Crippen LogP contribution in [0.25, 0.3) is 0 Å². The molecule has 1 fully saturated rings. The second-order valence-corrected chi connectivity index (χ2v) is 3.22. The summed E-state index contributed by atoms with van der Waals surface area (Å²) >= 11 is 0. The van der Waals surface area contributed by atoms with E-state index in [1.54, 1.807) is 0 Å². The number of carboxylic acid groups (broad SMARTS) is 1. The minimum absolute atomic E-state index is 0.0579. The van der Waals surface area contributed by atoms with Crippen molar-refractivity contribution in [1.29, 1.82) is 0 Å². The summed E-state index contributed by atoms with van der Waals surface area (Å²) in [7, 11) is 0. The molecule has 0 radical (unpaired) electrons. The number of rotatable bonds is 1. The first-order valence-electron chi connectivity index (χ1n) is 4.68. The normalized spacial score (nSPS) is 17.2. The Labute approximate surface area is 78.5 Å². The largest absolute Gasteiger partial charge is 0.478 e. The first-order valence-corrected chi connectivity index (χ1v) is 4.68. The molecule has 76 valence electrons. The SMILES string of the molecule is C1CCCCC1.CC(=CF)C(=O)O. The van der Waals surface area contributed by atoms with Gasteiger partial charge in [0.05, 0.1) is 11.9 Å². The number of hydrogen-bond acceptors (Lipinski definition) is 1. The molecule has 1 aliphatic carbocycles. The summed E-state index contributed by atoms with van der Waals surface area (Å²) in [6.07, 6.45) is 9.06. The van der Waals surface area contributed by atoms with Crippen molar-refractivity contribution in [2.75, 3.05) is 0 Å². The van der Waals surface area contributed by atoms with Gasteiger partial charge in [-0.3, -0.25) is 0 Å². The number of aliphatic carboxylic acids is 1. The molecule has 0 aromatic heterocycles. The Kier molecular flexibility index (Phi) is 7.26. The Hall–Kier alpha value is -0.860. The molecule has 0 aromatic carbocycles. The average molecular weight is 188 g/mol. The van der Waals surface area contributed by atoms with Crippen LogP contribution in [0.15, 0.2) is 11.9 Å². The zero-order chi connectivity index (χ0) is 10.1. The van der Waals surface area contributed by atoms with Crippen molar-refractivity contribution in [3.05, 3.63) is 11.9 Å². The van der Waals surface area contributed by atoms with Gasteiger partial charge in [-0.2, -0.15) is 0 Å². The van der Waals surface area contributed by atoms with Crippen LogP contribution in [0.4, 0.5) is 4.39 Å². The standard InChI is InChI=1S/C6H12.C4H5FO2/c1-2-4-6-5-3-1;1-3(2-5)4(6)7/h1-6H2;2H,1H3,(H,6,7). The van der Waals surface area contributed by atoms with E-state index in [4.69, 9.17) is 5.11 Å². The van der Waals surface area contributed by atoms with Crippen molar-refractivity contribution in [2.24, 2.45) is 0 Å². The highest BCUT2D eigenvalue weighted by atomic mass is 19.1. The third-order valence-electron chi connectivity index (χ3n) is 2.00. The Balaban J connectivity index is 0.000000223. The molecule has 1 N–H and O–H groups in total. The van der Waals surface area contributed by atoms with Gasteiger partial charge in [0.15, 0.2) is 0 Å². The fraction of sp³-hybridized carbons (Fsp3) is 0.700. The molecule has 2 nitrogen and oxygen atoms in total. The zero-order valence-electron chi connectivity index (χ0n) is 8.05. The van der Waals surface area contributed by atoms with E-state index in [9.17, 15) is 9.18 Å². The summed E-state index contributed by atoms with van der Waals surface area (Å²) in [5, 5.41) is 7.87. The van der Waals surface area contributed by atoms with Crippen LogP contribution in [0.5, 0.6) is 0 Å². The van der Waals surface area contributed by atoms with Gasteiger partial charge in [-0.05, 0) is 6.92 Å². The molecule has 1 aliphatic rings. The maximum Gasteiger partial charge on any atom is 0.333 e. The highest BCUT2D eigenvalue weighted by Crippen LogP contribution is 2.15. The second-order valence-electron chi connectivity index (χ2n) is 3.22. The maximum absolute atomic E-state index is 11.1. The Morgan fingerprint density at radius 3 is 1.54 bits per heavy atom. The van der Waals surface area contributed by atoms with Gasteiger partial charge in [0.2, 0.25) is 0 Å². The number of hydrogen-bond donors (Lipinski definition) is 1. The highest BCUT2D eigenvalue weighted by molar-refractivity contribution is 5.85. The maximum atomic E-state index is 11.1. The van der Waals surface area contributed by atoms with Gasteiger partial charge < -0.3 is 5.11 Å². The van der Waals surface area contributed by atoms with Crippen molar-refractivity contribution >= 4 is 5.97 Å². The van der Waals surface area contributed by atoms with E-state index in [0.29, 0.717) is 0 Å². The zero-order valence-corrected chi connectivity index (χ0v) is 8.05. The average Bonchev–Trinajstić information content (AvgIpc) is 2.20. The van der Waals surface area contributed by atoms with Crippen LogP contribution in [0.2, 0.25) is 0 Å². The number of halogens is 1. The Bertz CT molecular complexity index is 160. The molecular weight excluding hydrogens is 171 g/mol. The molecule has 0 saturated heterocycles. The minimum Gasteiger partial charge on any atom is -0.478 e. The van der Waals surface area contributed by atoms with Crippen molar-refractivity contribution < 1.29 is 14.3 Å². The van der Waals surface area contributed by atoms with Gasteiger partial charge in [0, 0.05) is 0 Å². The lowest BCUT2D eigenvalue weighted by Crippen LogP contribution is -1.93. The first-order chi connectivity index (χ1) is 6.18. The van der Waals surface area contributed by atoms with Crippen LogP contribution < -0.4 is 0 Å². The van der Waals surface area contributed by atoms with E-state index >= 15 is 0 Å². The molecule has 0 aliphatic heterocycles. The van der Waals surface area contributed by atoms with Crippen molar-refractivity contribution in [1.82, 2.24) is 0 Å². The highest BCUT2D eigenvalue weighted by Gasteiger charge is 1.96. The number of carbonyl (C=O) groups is 1. The smallest absolute Gasteiger partial charge is 0.333 e. The summed E-state index contributed by atoms with van der Waals surface area (Å²) in [6.45, 7) is 1.18. The lowest BCUT2D eigenvalue weighted by atomic mass is 10.0. The van der Waals surface area contributed by atoms with Gasteiger partial charge >= 0.3 is 5.97 Å². The van der Waals surface area contributed by atoms with Crippen LogP contribution in [-0.2, 0) is 4.79 Å². The minimum atomic E-state index is -1.22. The molecule has 0 aromatic rings. The van der Waals surface area contributed by atoms with E-state index < -0.39 is 5.97 Å². The van der Waals surface area contributed by atoms with Crippen LogP contribution in [-0.4, -0.2) is 11.1 Å². The number of carboxylic acids is 1. The molecule has 3 heteroatoms. The predicted octanol–water partition coefficient (Wildman–Crippen LogP) is 3.28. The van der Waals surface area contributed by atoms with Crippen molar-refractivity contribution in [3.8, 4) is 0 Å². The van der Waals surface area contributed by atoms with Crippen LogP contribution in [0.1, 0.15) is 45.4 Å². The molecule has 0 amide bonds. The lowest BCUT2D eigenvalue weighted by molar-refractivity contribution is -0.132. The summed E-state index contributed by atoms with van der Waals surface area (Å²) < 4.78 is 11.1. The molecule has 1 saturated carbocycles. The summed E-state index contributed by atoms with van der Waals surface area (Å²) in [4.78, 5) is 9.62.